The normalized spacial score (nSPS) is 17.3. The van der Waals surface area contributed by atoms with Gasteiger partial charge in [-0.15, -0.1) is 0 Å². The van der Waals surface area contributed by atoms with E-state index in [0.29, 0.717) is 5.56 Å². The number of benzene rings is 2. The van der Waals surface area contributed by atoms with Crippen LogP contribution < -0.4 is 0 Å². The number of hydrogen-bond donors (Lipinski definition) is 1. The lowest BCUT2D eigenvalue weighted by Gasteiger charge is -2.10. The summed E-state index contributed by atoms with van der Waals surface area (Å²) >= 11 is 0. The van der Waals surface area contributed by atoms with Gasteiger partial charge in [0.1, 0.15) is 0 Å². The van der Waals surface area contributed by atoms with Gasteiger partial charge in [0.15, 0.2) is 0 Å². The first-order valence-corrected chi connectivity index (χ1v) is 6.20. The van der Waals surface area contributed by atoms with Crippen LogP contribution in [0.4, 0.5) is 0 Å². The van der Waals surface area contributed by atoms with Gasteiger partial charge in [-0.05, 0) is 47.2 Å². The first-order valence-electron chi connectivity index (χ1n) is 6.20. The maximum Gasteiger partial charge on any atom is 0.335 e. The number of carboxylic acid groups (broad SMARTS) is 1. The van der Waals surface area contributed by atoms with E-state index in [2.05, 4.69) is 24.3 Å². The summed E-state index contributed by atoms with van der Waals surface area (Å²) in [6.45, 7) is 0. The Kier molecular flexibility index (Phi) is 1.66. The fourth-order valence-corrected chi connectivity index (χ4v) is 3.25. The summed E-state index contributed by atoms with van der Waals surface area (Å²) in [5.74, 6) is -0.843. The van der Waals surface area contributed by atoms with Crippen molar-refractivity contribution >= 4 is 5.97 Å². The van der Waals surface area contributed by atoms with E-state index in [0.717, 1.165) is 12.8 Å². The van der Waals surface area contributed by atoms with Crippen LogP contribution in [0.15, 0.2) is 42.5 Å². The summed E-state index contributed by atoms with van der Waals surface area (Å²) in [6.07, 6.45) is 2.28. The molecule has 0 saturated heterocycles. The Morgan fingerprint density at radius 3 is 2.44 bits per heavy atom. The molecule has 1 fully saturated rings. The van der Waals surface area contributed by atoms with Gasteiger partial charge in [-0.1, -0.05) is 30.3 Å². The Labute approximate surface area is 105 Å². The van der Waals surface area contributed by atoms with Crippen molar-refractivity contribution in [3.05, 3.63) is 59.2 Å². The number of rotatable bonds is 1. The number of carboxylic acids is 1. The summed E-state index contributed by atoms with van der Waals surface area (Å²) in [5, 5.41) is 9.12. The Bertz CT molecular complexity index is 681. The van der Waals surface area contributed by atoms with E-state index in [1.54, 1.807) is 6.07 Å². The lowest BCUT2D eigenvalue weighted by molar-refractivity contribution is 0.0697. The average molecular weight is 236 g/mol. The molecule has 1 spiro atoms. The van der Waals surface area contributed by atoms with E-state index in [1.165, 1.54) is 22.3 Å². The quantitative estimate of drug-likeness (QED) is 0.823. The van der Waals surface area contributed by atoms with Gasteiger partial charge in [0.2, 0.25) is 0 Å². The Morgan fingerprint density at radius 1 is 1.00 bits per heavy atom. The van der Waals surface area contributed by atoms with Gasteiger partial charge in [-0.3, -0.25) is 0 Å². The largest absolute Gasteiger partial charge is 0.478 e. The van der Waals surface area contributed by atoms with E-state index in [-0.39, 0.29) is 5.41 Å². The van der Waals surface area contributed by atoms with E-state index >= 15 is 0 Å². The molecule has 0 bridgehead atoms. The van der Waals surface area contributed by atoms with Crippen LogP contribution in [-0.4, -0.2) is 11.1 Å². The minimum Gasteiger partial charge on any atom is -0.478 e. The van der Waals surface area contributed by atoms with Crippen molar-refractivity contribution in [3.63, 3.8) is 0 Å². The van der Waals surface area contributed by atoms with E-state index in [1.807, 2.05) is 12.1 Å². The zero-order valence-electron chi connectivity index (χ0n) is 9.81. The second-order valence-electron chi connectivity index (χ2n) is 5.19. The highest BCUT2D eigenvalue weighted by Gasteiger charge is 2.52. The predicted molar refractivity (Wildman–Crippen MR) is 68.9 cm³/mol. The van der Waals surface area contributed by atoms with Crippen LogP contribution in [0.1, 0.15) is 34.3 Å². The average Bonchev–Trinajstić information content (AvgIpc) is 3.14. The minimum atomic E-state index is -0.843. The molecule has 2 heteroatoms. The van der Waals surface area contributed by atoms with Crippen LogP contribution in [0.5, 0.6) is 0 Å². The molecule has 88 valence electrons. The standard InChI is InChI=1S/C16H12O2/c17-15(18)10-5-6-12-11-3-1-2-4-13(11)16(7-8-16)14(12)9-10/h1-6,9H,7-8H2,(H,17,18). The second kappa shape index (κ2) is 3.02. The van der Waals surface area contributed by atoms with Crippen molar-refractivity contribution in [2.75, 3.05) is 0 Å². The van der Waals surface area contributed by atoms with Crippen LogP contribution in [-0.2, 0) is 5.41 Å². The topological polar surface area (TPSA) is 37.3 Å². The highest BCUT2D eigenvalue weighted by Crippen LogP contribution is 2.62. The maximum atomic E-state index is 11.1. The molecule has 0 radical (unpaired) electrons. The van der Waals surface area contributed by atoms with Crippen molar-refractivity contribution in [2.45, 2.75) is 18.3 Å². The molecule has 2 aliphatic rings. The van der Waals surface area contributed by atoms with Gasteiger partial charge in [0.05, 0.1) is 5.56 Å². The summed E-state index contributed by atoms with van der Waals surface area (Å²) in [7, 11) is 0. The fourth-order valence-electron chi connectivity index (χ4n) is 3.25. The monoisotopic (exact) mass is 236 g/mol. The summed E-state index contributed by atoms with van der Waals surface area (Å²) in [4.78, 5) is 11.1. The molecule has 0 aliphatic heterocycles. The third-order valence-corrected chi connectivity index (χ3v) is 4.26. The van der Waals surface area contributed by atoms with E-state index in [4.69, 9.17) is 5.11 Å². The van der Waals surface area contributed by atoms with E-state index in [9.17, 15) is 4.79 Å². The molecule has 0 amide bonds. The smallest absolute Gasteiger partial charge is 0.335 e. The maximum absolute atomic E-state index is 11.1. The fraction of sp³-hybridized carbons (Fsp3) is 0.188. The lowest BCUT2D eigenvalue weighted by Crippen LogP contribution is -2.05. The zero-order valence-corrected chi connectivity index (χ0v) is 9.81. The molecule has 2 aromatic carbocycles. The third kappa shape index (κ3) is 1.05. The molecule has 18 heavy (non-hydrogen) atoms. The van der Waals surface area contributed by atoms with Crippen molar-refractivity contribution in [3.8, 4) is 11.1 Å². The summed E-state index contributed by atoms with van der Waals surface area (Å²) < 4.78 is 0. The van der Waals surface area contributed by atoms with Gasteiger partial charge in [0, 0.05) is 5.41 Å². The van der Waals surface area contributed by atoms with Gasteiger partial charge in [-0.25, -0.2) is 4.79 Å². The van der Waals surface area contributed by atoms with Crippen molar-refractivity contribution in [1.29, 1.82) is 0 Å². The molecule has 0 heterocycles. The second-order valence-corrected chi connectivity index (χ2v) is 5.19. The molecule has 1 saturated carbocycles. The molecule has 0 unspecified atom stereocenters. The predicted octanol–water partition coefficient (Wildman–Crippen LogP) is 3.45. The number of fused-ring (bicyclic) bond motifs is 5. The SMILES string of the molecule is O=C(O)c1ccc2c(c1)C1(CC1)c1ccccc1-2. The van der Waals surface area contributed by atoms with Crippen LogP contribution in [0, 0.1) is 0 Å². The van der Waals surface area contributed by atoms with Crippen LogP contribution >= 0.6 is 0 Å². The van der Waals surface area contributed by atoms with Crippen LogP contribution in [0.25, 0.3) is 11.1 Å². The van der Waals surface area contributed by atoms with Crippen LogP contribution in [0.3, 0.4) is 0 Å². The minimum absolute atomic E-state index is 0.122. The molecule has 4 rings (SSSR count). The first-order chi connectivity index (χ1) is 8.72. The summed E-state index contributed by atoms with van der Waals surface area (Å²) in [6, 6.07) is 14.0. The Hall–Kier alpha value is -2.09. The Morgan fingerprint density at radius 2 is 1.72 bits per heavy atom. The molecule has 2 nitrogen and oxygen atoms in total. The Balaban J connectivity index is 2.02. The molecule has 0 aromatic heterocycles. The highest BCUT2D eigenvalue weighted by molar-refractivity contribution is 5.91. The number of carbonyl (C=O) groups is 1. The van der Waals surface area contributed by atoms with Gasteiger partial charge in [0.25, 0.3) is 0 Å². The van der Waals surface area contributed by atoms with Gasteiger partial charge < -0.3 is 5.11 Å². The van der Waals surface area contributed by atoms with Crippen molar-refractivity contribution in [2.24, 2.45) is 0 Å². The highest BCUT2D eigenvalue weighted by atomic mass is 16.4. The molecule has 2 aliphatic carbocycles. The molecular formula is C16H12O2. The number of aromatic carboxylic acids is 1. The van der Waals surface area contributed by atoms with Crippen LogP contribution in [0.2, 0.25) is 0 Å². The first kappa shape index (κ1) is 9.89. The third-order valence-electron chi connectivity index (χ3n) is 4.26. The van der Waals surface area contributed by atoms with Gasteiger partial charge in [-0.2, -0.15) is 0 Å². The number of hydrogen-bond acceptors (Lipinski definition) is 1. The van der Waals surface area contributed by atoms with Gasteiger partial charge >= 0.3 is 5.97 Å². The molecule has 1 N–H and O–H groups in total. The lowest BCUT2D eigenvalue weighted by atomic mass is 9.93. The van der Waals surface area contributed by atoms with Crippen molar-refractivity contribution < 1.29 is 9.90 Å². The zero-order chi connectivity index (χ0) is 12.3. The van der Waals surface area contributed by atoms with Crippen molar-refractivity contribution in [1.82, 2.24) is 0 Å². The van der Waals surface area contributed by atoms with E-state index < -0.39 is 5.97 Å². The molecule has 0 atom stereocenters. The molecular weight excluding hydrogens is 224 g/mol. The molecule has 2 aromatic rings. The summed E-state index contributed by atoms with van der Waals surface area (Å²) in [5.41, 5.74) is 5.60.